The lowest BCUT2D eigenvalue weighted by molar-refractivity contribution is 0.252. The number of halogens is 2. The van der Waals surface area contributed by atoms with E-state index in [4.69, 9.17) is 11.6 Å². The van der Waals surface area contributed by atoms with Crippen molar-refractivity contribution in [1.29, 1.82) is 0 Å². The number of carbonyl (C=O) groups excluding carboxylic acids is 1. The molecule has 14 heavy (non-hydrogen) atoms. The highest BCUT2D eigenvalue weighted by molar-refractivity contribution is 6.30. The minimum absolute atomic E-state index is 0.0726. The first-order valence-electron chi connectivity index (χ1n) is 4.13. The summed E-state index contributed by atoms with van der Waals surface area (Å²) in [6, 6.07) is 3.52. The third-order valence-corrected chi connectivity index (χ3v) is 1.75. The molecule has 1 rings (SSSR count). The summed E-state index contributed by atoms with van der Waals surface area (Å²) in [5, 5.41) is 5.20. The van der Waals surface area contributed by atoms with Crippen molar-refractivity contribution in [3.63, 3.8) is 0 Å². The minimum Gasteiger partial charge on any atom is -0.338 e. The van der Waals surface area contributed by atoms with Crippen LogP contribution in [0, 0.1) is 5.82 Å². The molecular weight excluding hydrogens is 207 g/mol. The van der Waals surface area contributed by atoms with Gasteiger partial charge in [0, 0.05) is 11.6 Å². The smallest absolute Gasteiger partial charge is 0.319 e. The van der Waals surface area contributed by atoms with E-state index in [1.807, 2.05) is 0 Å². The fourth-order valence-corrected chi connectivity index (χ4v) is 1.09. The van der Waals surface area contributed by atoms with Gasteiger partial charge < -0.3 is 10.6 Å². The number of nitrogens with one attached hydrogen (secondary N) is 2. The van der Waals surface area contributed by atoms with Crippen LogP contribution in [0.2, 0.25) is 5.02 Å². The summed E-state index contributed by atoms with van der Waals surface area (Å²) < 4.78 is 13.1. The fraction of sp³-hybridized carbons (Fsp3) is 0.222. The van der Waals surface area contributed by atoms with E-state index in [0.717, 1.165) is 0 Å². The van der Waals surface area contributed by atoms with Gasteiger partial charge in [0.1, 0.15) is 5.82 Å². The van der Waals surface area contributed by atoms with Gasteiger partial charge in [-0.15, -0.1) is 0 Å². The van der Waals surface area contributed by atoms with Crippen LogP contribution in [0.3, 0.4) is 0 Å². The van der Waals surface area contributed by atoms with E-state index < -0.39 is 11.8 Å². The first-order chi connectivity index (χ1) is 6.63. The van der Waals surface area contributed by atoms with Gasteiger partial charge in [0.15, 0.2) is 0 Å². The largest absolute Gasteiger partial charge is 0.338 e. The summed E-state index contributed by atoms with van der Waals surface area (Å²) in [5.41, 5.74) is 0.0726. The minimum atomic E-state index is -0.513. The highest BCUT2D eigenvalue weighted by atomic mass is 35.5. The molecule has 0 radical (unpaired) electrons. The molecule has 0 bridgehead atoms. The Labute approximate surface area is 86.3 Å². The molecule has 1 aromatic carbocycles. The van der Waals surface area contributed by atoms with Crippen molar-refractivity contribution in [3.8, 4) is 0 Å². The first-order valence-corrected chi connectivity index (χ1v) is 4.51. The number of urea groups is 1. The van der Waals surface area contributed by atoms with Crippen molar-refractivity contribution in [2.24, 2.45) is 0 Å². The summed E-state index contributed by atoms with van der Waals surface area (Å²) >= 11 is 5.64. The lowest BCUT2D eigenvalue weighted by Crippen LogP contribution is -2.28. The Morgan fingerprint density at radius 1 is 1.57 bits per heavy atom. The third-order valence-electron chi connectivity index (χ3n) is 1.51. The van der Waals surface area contributed by atoms with E-state index in [1.54, 1.807) is 6.92 Å². The monoisotopic (exact) mass is 216 g/mol. The fourth-order valence-electron chi connectivity index (χ4n) is 0.920. The van der Waals surface area contributed by atoms with Crippen LogP contribution < -0.4 is 10.6 Å². The van der Waals surface area contributed by atoms with Gasteiger partial charge in [-0.05, 0) is 25.1 Å². The Bertz CT molecular complexity index is 344. The second-order valence-electron chi connectivity index (χ2n) is 2.61. The summed E-state index contributed by atoms with van der Waals surface area (Å²) in [6.07, 6.45) is 0. The summed E-state index contributed by atoms with van der Waals surface area (Å²) in [5.74, 6) is -0.513. The molecule has 0 aliphatic rings. The maximum absolute atomic E-state index is 13.1. The molecule has 1 aromatic rings. The standard InChI is InChI=1S/C9H10ClFN2O/c1-2-12-9(14)13-8-5-6(10)3-4-7(8)11/h3-5H,2H2,1H3,(H2,12,13,14). The van der Waals surface area contributed by atoms with Crippen LogP contribution in [-0.2, 0) is 0 Å². The Kier molecular flexibility index (Phi) is 3.71. The highest BCUT2D eigenvalue weighted by Gasteiger charge is 2.05. The number of carbonyl (C=O) groups is 1. The van der Waals surface area contributed by atoms with Crippen molar-refractivity contribution >= 4 is 23.3 Å². The van der Waals surface area contributed by atoms with Gasteiger partial charge in [0.2, 0.25) is 0 Å². The van der Waals surface area contributed by atoms with Gasteiger partial charge in [-0.2, -0.15) is 0 Å². The van der Waals surface area contributed by atoms with Crippen LogP contribution >= 0.6 is 11.6 Å². The van der Waals surface area contributed by atoms with Crippen molar-refractivity contribution in [2.75, 3.05) is 11.9 Å². The Balaban J connectivity index is 2.75. The number of benzene rings is 1. The number of hydrogen-bond acceptors (Lipinski definition) is 1. The maximum atomic E-state index is 13.1. The average Bonchev–Trinajstić information content (AvgIpc) is 2.12. The van der Waals surface area contributed by atoms with Crippen molar-refractivity contribution in [3.05, 3.63) is 29.0 Å². The lowest BCUT2D eigenvalue weighted by Gasteiger charge is -2.06. The van der Waals surface area contributed by atoms with Gasteiger partial charge in [0.25, 0.3) is 0 Å². The van der Waals surface area contributed by atoms with Crippen molar-refractivity contribution in [2.45, 2.75) is 6.92 Å². The topological polar surface area (TPSA) is 41.1 Å². The molecule has 2 amide bonds. The van der Waals surface area contributed by atoms with Crippen LogP contribution in [0.25, 0.3) is 0 Å². The number of amides is 2. The van der Waals surface area contributed by atoms with Crippen LogP contribution in [-0.4, -0.2) is 12.6 Å². The zero-order chi connectivity index (χ0) is 10.6. The Hall–Kier alpha value is -1.29. The molecule has 0 spiro atoms. The van der Waals surface area contributed by atoms with Gasteiger partial charge >= 0.3 is 6.03 Å². The number of anilines is 1. The molecule has 3 nitrogen and oxygen atoms in total. The molecule has 0 aliphatic carbocycles. The van der Waals surface area contributed by atoms with Gasteiger partial charge in [-0.25, -0.2) is 9.18 Å². The molecule has 2 N–H and O–H groups in total. The molecule has 0 atom stereocenters. The van der Waals surface area contributed by atoms with E-state index in [0.29, 0.717) is 11.6 Å². The molecule has 5 heteroatoms. The average molecular weight is 217 g/mol. The predicted molar refractivity (Wildman–Crippen MR) is 54.1 cm³/mol. The van der Waals surface area contributed by atoms with Crippen LogP contribution in [0.4, 0.5) is 14.9 Å². The number of rotatable bonds is 2. The third kappa shape index (κ3) is 2.88. The zero-order valence-electron chi connectivity index (χ0n) is 7.60. The molecule has 0 unspecified atom stereocenters. The second-order valence-corrected chi connectivity index (χ2v) is 3.05. The summed E-state index contributed by atoms with van der Waals surface area (Å²) in [6.45, 7) is 2.25. The van der Waals surface area contributed by atoms with E-state index in [1.165, 1.54) is 18.2 Å². The Morgan fingerprint density at radius 3 is 2.93 bits per heavy atom. The molecule has 0 saturated heterocycles. The highest BCUT2D eigenvalue weighted by Crippen LogP contribution is 2.19. The van der Waals surface area contributed by atoms with Gasteiger partial charge in [-0.3, -0.25) is 0 Å². The molecule has 0 aliphatic heterocycles. The van der Waals surface area contributed by atoms with Crippen LogP contribution in [0.5, 0.6) is 0 Å². The molecule has 0 aromatic heterocycles. The van der Waals surface area contributed by atoms with Gasteiger partial charge in [0.05, 0.1) is 5.69 Å². The van der Waals surface area contributed by atoms with E-state index in [9.17, 15) is 9.18 Å². The molecular formula is C9H10ClFN2O. The zero-order valence-corrected chi connectivity index (χ0v) is 8.36. The summed E-state index contributed by atoms with van der Waals surface area (Å²) in [7, 11) is 0. The maximum Gasteiger partial charge on any atom is 0.319 e. The molecule has 76 valence electrons. The van der Waals surface area contributed by atoms with E-state index in [2.05, 4.69) is 10.6 Å². The van der Waals surface area contributed by atoms with E-state index >= 15 is 0 Å². The normalized spacial score (nSPS) is 9.64. The van der Waals surface area contributed by atoms with E-state index in [-0.39, 0.29) is 5.69 Å². The SMILES string of the molecule is CCNC(=O)Nc1cc(Cl)ccc1F. The van der Waals surface area contributed by atoms with Crippen molar-refractivity contribution < 1.29 is 9.18 Å². The molecule has 0 saturated carbocycles. The second kappa shape index (κ2) is 4.81. The number of hydrogen-bond donors (Lipinski definition) is 2. The summed E-state index contributed by atoms with van der Waals surface area (Å²) in [4.78, 5) is 11.0. The Morgan fingerprint density at radius 2 is 2.29 bits per heavy atom. The first kappa shape index (κ1) is 10.8. The quantitative estimate of drug-likeness (QED) is 0.784. The predicted octanol–water partition coefficient (Wildman–Crippen LogP) is 2.62. The molecule has 0 heterocycles. The van der Waals surface area contributed by atoms with Gasteiger partial charge in [-0.1, -0.05) is 11.6 Å². The molecule has 0 fully saturated rings. The van der Waals surface area contributed by atoms with Crippen molar-refractivity contribution in [1.82, 2.24) is 5.32 Å². The van der Waals surface area contributed by atoms with Crippen LogP contribution in [0.1, 0.15) is 6.92 Å². The van der Waals surface area contributed by atoms with Crippen LogP contribution in [0.15, 0.2) is 18.2 Å². The lowest BCUT2D eigenvalue weighted by atomic mass is 10.3.